The van der Waals surface area contributed by atoms with Gasteiger partial charge in [-0.05, 0) is 30.3 Å². The van der Waals surface area contributed by atoms with Gasteiger partial charge in [-0.15, -0.1) is 0 Å². The molecule has 0 aliphatic rings. The molecule has 0 aliphatic heterocycles. The first kappa shape index (κ1) is 18.2. The summed E-state index contributed by atoms with van der Waals surface area (Å²) in [4.78, 5) is 28.8. The predicted molar refractivity (Wildman–Crippen MR) is 105 cm³/mol. The van der Waals surface area contributed by atoms with Gasteiger partial charge in [0.15, 0.2) is 5.78 Å². The van der Waals surface area contributed by atoms with E-state index < -0.39 is 6.03 Å². The first-order chi connectivity index (χ1) is 12.5. The number of amides is 2. The van der Waals surface area contributed by atoms with E-state index in [4.69, 9.17) is 23.2 Å². The van der Waals surface area contributed by atoms with Gasteiger partial charge < -0.3 is 10.6 Å². The number of pyridine rings is 1. The summed E-state index contributed by atoms with van der Waals surface area (Å²) in [5.74, 6) is -0.144. The van der Waals surface area contributed by atoms with Crippen LogP contribution in [0, 0.1) is 0 Å². The monoisotopic (exact) mass is 387 g/mol. The zero-order valence-electron chi connectivity index (χ0n) is 13.8. The summed E-state index contributed by atoms with van der Waals surface area (Å²) in [7, 11) is 0. The van der Waals surface area contributed by atoms with E-state index in [9.17, 15) is 9.59 Å². The smallest absolute Gasteiger partial charge is 0.308 e. The third kappa shape index (κ3) is 3.95. The second-order valence-corrected chi connectivity index (χ2v) is 6.40. The molecule has 2 N–H and O–H groups in total. The lowest BCUT2D eigenvalue weighted by Crippen LogP contribution is -2.20. The van der Waals surface area contributed by atoms with Crippen molar-refractivity contribution >= 4 is 57.3 Å². The number of urea groups is 1. The first-order valence-electron chi connectivity index (χ1n) is 7.94. The fraction of sp³-hybridized carbons (Fsp3) is 0.105. The fourth-order valence-electron chi connectivity index (χ4n) is 2.51. The number of fused-ring (bicyclic) bond motifs is 1. The van der Waals surface area contributed by atoms with Crippen LogP contribution in [0.25, 0.3) is 10.9 Å². The molecule has 132 valence electrons. The van der Waals surface area contributed by atoms with Gasteiger partial charge in [0.05, 0.1) is 16.2 Å². The molecule has 0 saturated heterocycles. The summed E-state index contributed by atoms with van der Waals surface area (Å²) >= 11 is 12.3. The quantitative estimate of drug-likeness (QED) is 0.557. The molecule has 1 aromatic heterocycles. The summed E-state index contributed by atoms with van der Waals surface area (Å²) in [6.07, 6.45) is 0.294. The zero-order chi connectivity index (χ0) is 18.7. The molecule has 2 aromatic carbocycles. The van der Waals surface area contributed by atoms with E-state index in [1.165, 1.54) is 6.07 Å². The van der Waals surface area contributed by atoms with Crippen LogP contribution >= 0.6 is 23.2 Å². The summed E-state index contributed by atoms with van der Waals surface area (Å²) < 4.78 is 0. The largest absolute Gasteiger partial charge is 0.323 e. The lowest BCUT2D eigenvalue weighted by molar-refractivity contribution is 0.0983. The van der Waals surface area contributed by atoms with Gasteiger partial charge in [0, 0.05) is 22.5 Å². The summed E-state index contributed by atoms with van der Waals surface area (Å²) in [5, 5.41) is 6.72. The minimum atomic E-state index is -0.454. The number of carbonyl (C=O) groups excluding carboxylic acids is 2. The Hall–Kier alpha value is -2.63. The average Bonchev–Trinajstić information content (AvgIpc) is 2.60. The maximum Gasteiger partial charge on any atom is 0.323 e. The van der Waals surface area contributed by atoms with Crippen molar-refractivity contribution in [1.82, 2.24) is 4.98 Å². The molecule has 0 saturated carbocycles. The minimum Gasteiger partial charge on any atom is -0.308 e. The Labute approximate surface area is 160 Å². The minimum absolute atomic E-state index is 0.144. The summed E-state index contributed by atoms with van der Waals surface area (Å²) in [5.41, 5.74) is 1.72. The Morgan fingerprint density at radius 1 is 1.04 bits per heavy atom. The molecule has 0 atom stereocenters. The Kier molecular flexibility index (Phi) is 5.40. The van der Waals surface area contributed by atoms with Gasteiger partial charge in [-0.3, -0.25) is 4.79 Å². The van der Waals surface area contributed by atoms with Crippen molar-refractivity contribution in [2.24, 2.45) is 0 Å². The lowest BCUT2D eigenvalue weighted by Gasteiger charge is -2.13. The molecule has 7 heteroatoms. The molecule has 3 rings (SSSR count). The number of carbonyl (C=O) groups is 2. The summed E-state index contributed by atoms with van der Waals surface area (Å²) in [6.45, 7) is 1.74. The lowest BCUT2D eigenvalue weighted by atomic mass is 10.1. The number of ketones is 1. The molecule has 26 heavy (non-hydrogen) atoms. The standard InChI is InChI=1S/C19H15Cl2N3O2/c1-2-17(25)14-10-16(18-13(21)8-11(20)9-15(18)23-14)24-19(26)22-12-6-4-3-5-7-12/h3-10H,2H2,1H3,(H2,22,23,24,26). The van der Waals surface area contributed by atoms with Gasteiger partial charge in [-0.2, -0.15) is 0 Å². The second-order valence-electron chi connectivity index (χ2n) is 5.56. The molecule has 0 radical (unpaired) electrons. The van der Waals surface area contributed by atoms with Crippen molar-refractivity contribution in [1.29, 1.82) is 0 Å². The van der Waals surface area contributed by atoms with Gasteiger partial charge >= 0.3 is 6.03 Å². The topological polar surface area (TPSA) is 71.1 Å². The molecule has 3 aromatic rings. The van der Waals surface area contributed by atoms with E-state index in [1.54, 1.807) is 31.2 Å². The Balaban J connectivity index is 2.02. The van der Waals surface area contributed by atoms with Crippen molar-refractivity contribution in [3.05, 3.63) is 64.3 Å². The van der Waals surface area contributed by atoms with E-state index in [2.05, 4.69) is 15.6 Å². The number of hydrogen-bond donors (Lipinski definition) is 2. The number of rotatable bonds is 4. The number of Topliss-reactive ketones (excluding diaryl/α,β-unsaturated/α-hetero) is 1. The van der Waals surface area contributed by atoms with E-state index in [-0.39, 0.29) is 11.5 Å². The Morgan fingerprint density at radius 3 is 2.46 bits per heavy atom. The van der Waals surface area contributed by atoms with Crippen molar-refractivity contribution < 1.29 is 9.59 Å². The highest BCUT2D eigenvalue weighted by Crippen LogP contribution is 2.33. The molecule has 0 spiro atoms. The van der Waals surface area contributed by atoms with Crippen LogP contribution in [0.2, 0.25) is 10.0 Å². The van der Waals surface area contributed by atoms with Crippen LogP contribution in [-0.2, 0) is 0 Å². The SMILES string of the molecule is CCC(=O)c1cc(NC(=O)Nc2ccccc2)c2c(Cl)cc(Cl)cc2n1. The molecular formula is C19H15Cl2N3O2. The number of halogens is 2. The van der Waals surface area contributed by atoms with Crippen LogP contribution in [0.5, 0.6) is 0 Å². The highest BCUT2D eigenvalue weighted by atomic mass is 35.5. The third-order valence-corrected chi connectivity index (χ3v) is 4.23. The van der Waals surface area contributed by atoms with Crippen LogP contribution in [0.1, 0.15) is 23.8 Å². The van der Waals surface area contributed by atoms with Crippen LogP contribution in [-0.4, -0.2) is 16.8 Å². The molecule has 0 fully saturated rings. The van der Waals surface area contributed by atoms with E-state index in [0.717, 1.165) is 0 Å². The van der Waals surface area contributed by atoms with Gasteiger partial charge in [-0.25, -0.2) is 9.78 Å². The number of aromatic nitrogens is 1. The third-order valence-electron chi connectivity index (χ3n) is 3.71. The Morgan fingerprint density at radius 2 is 1.77 bits per heavy atom. The molecule has 0 aliphatic carbocycles. The van der Waals surface area contributed by atoms with Crippen molar-refractivity contribution in [2.75, 3.05) is 10.6 Å². The van der Waals surface area contributed by atoms with E-state index in [1.807, 2.05) is 18.2 Å². The van der Waals surface area contributed by atoms with Gasteiger partial charge in [-0.1, -0.05) is 48.3 Å². The number of nitrogens with one attached hydrogen (secondary N) is 2. The van der Waals surface area contributed by atoms with Gasteiger partial charge in [0.25, 0.3) is 0 Å². The highest BCUT2D eigenvalue weighted by molar-refractivity contribution is 6.39. The Bertz CT molecular complexity index is 991. The maximum atomic E-state index is 12.4. The van der Waals surface area contributed by atoms with Crippen molar-refractivity contribution in [3.63, 3.8) is 0 Å². The van der Waals surface area contributed by atoms with Gasteiger partial charge in [0.2, 0.25) is 0 Å². The average molecular weight is 388 g/mol. The van der Waals surface area contributed by atoms with E-state index >= 15 is 0 Å². The van der Waals surface area contributed by atoms with Crippen LogP contribution in [0.3, 0.4) is 0 Å². The number of nitrogens with zero attached hydrogens (tertiary/aromatic N) is 1. The van der Waals surface area contributed by atoms with E-state index in [0.29, 0.717) is 38.7 Å². The highest BCUT2D eigenvalue weighted by Gasteiger charge is 2.16. The maximum absolute atomic E-state index is 12.4. The van der Waals surface area contributed by atoms with Crippen LogP contribution in [0.15, 0.2) is 48.5 Å². The number of para-hydroxylation sites is 1. The molecule has 0 bridgehead atoms. The predicted octanol–water partition coefficient (Wildman–Crippen LogP) is 5.78. The number of hydrogen-bond acceptors (Lipinski definition) is 3. The van der Waals surface area contributed by atoms with Crippen LogP contribution in [0.4, 0.5) is 16.2 Å². The zero-order valence-corrected chi connectivity index (χ0v) is 15.4. The molecular weight excluding hydrogens is 373 g/mol. The first-order valence-corrected chi connectivity index (χ1v) is 8.69. The van der Waals surface area contributed by atoms with Gasteiger partial charge in [0.1, 0.15) is 5.69 Å². The molecule has 5 nitrogen and oxygen atoms in total. The normalized spacial score (nSPS) is 10.6. The fourth-order valence-corrected chi connectivity index (χ4v) is 3.10. The molecule has 0 unspecified atom stereocenters. The molecule has 2 amide bonds. The van der Waals surface area contributed by atoms with Crippen molar-refractivity contribution in [2.45, 2.75) is 13.3 Å². The van der Waals surface area contributed by atoms with Crippen LogP contribution < -0.4 is 10.6 Å². The number of benzene rings is 2. The summed E-state index contributed by atoms with van der Waals surface area (Å²) in [6, 6.07) is 13.3. The number of anilines is 2. The second kappa shape index (κ2) is 7.72. The molecule has 1 heterocycles. The van der Waals surface area contributed by atoms with Crippen molar-refractivity contribution in [3.8, 4) is 0 Å².